The Balaban J connectivity index is 1.90. The number of amides is 1. The van der Waals surface area contributed by atoms with Crippen molar-refractivity contribution in [1.29, 1.82) is 0 Å². The molecule has 0 aromatic heterocycles. The van der Waals surface area contributed by atoms with Gasteiger partial charge in [-0.3, -0.25) is 9.52 Å². The van der Waals surface area contributed by atoms with Crippen molar-refractivity contribution in [1.82, 2.24) is 0 Å². The van der Waals surface area contributed by atoms with Crippen LogP contribution in [0.3, 0.4) is 0 Å². The molecule has 3 rings (SSSR count). The van der Waals surface area contributed by atoms with Crippen LogP contribution in [0, 0.1) is 5.82 Å². The molecule has 1 aliphatic rings. The molecular weight excluding hydrogens is 343 g/mol. The number of aryl methyl sites for hydroxylation is 1. The van der Waals surface area contributed by atoms with E-state index < -0.39 is 20.7 Å². The summed E-state index contributed by atoms with van der Waals surface area (Å²) in [5.74, 6) is -0.996. The van der Waals surface area contributed by atoms with Crippen LogP contribution in [-0.4, -0.2) is 14.3 Å². The summed E-state index contributed by atoms with van der Waals surface area (Å²) in [6, 6.07) is 8.11. The molecule has 0 unspecified atom stereocenters. The Hall–Kier alpha value is -2.12. The van der Waals surface area contributed by atoms with Gasteiger partial charge < -0.3 is 5.32 Å². The molecule has 5 nitrogen and oxygen atoms in total. The van der Waals surface area contributed by atoms with Crippen molar-refractivity contribution in [2.24, 2.45) is 0 Å². The second kappa shape index (κ2) is 5.82. The average molecular weight is 355 g/mol. The van der Waals surface area contributed by atoms with E-state index in [4.69, 9.17) is 11.6 Å². The second-order valence-corrected chi connectivity index (χ2v) is 7.19. The largest absolute Gasteiger partial charge is 0.326 e. The zero-order valence-corrected chi connectivity index (χ0v) is 13.3. The van der Waals surface area contributed by atoms with Gasteiger partial charge in [0.15, 0.2) is 0 Å². The summed E-state index contributed by atoms with van der Waals surface area (Å²) >= 11 is 5.63. The Kier molecular flexibility index (Phi) is 3.99. The average Bonchev–Trinajstić information content (AvgIpc) is 2.46. The lowest BCUT2D eigenvalue weighted by Crippen LogP contribution is -2.19. The zero-order valence-electron chi connectivity index (χ0n) is 11.8. The third kappa shape index (κ3) is 3.30. The van der Waals surface area contributed by atoms with Gasteiger partial charge >= 0.3 is 0 Å². The van der Waals surface area contributed by atoms with Crippen molar-refractivity contribution >= 4 is 38.9 Å². The highest BCUT2D eigenvalue weighted by Crippen LogP contribution is 2.27. The molecule has 120 valence electrons. The summed E-state index contributed by atoms with van der Waals surface area (Å²) in [6.45, 7) is 0. The number of rotatable bonds is 3. The van der Waals surface area contributed by atoms with Crippen LogP contribution < -0.4 is 10.0 Å². The van der Waals surface area contributed by atoms with Crippen LogP contribution in [0.1, 0.15) is 12.0 Å². The minimum atomic E-state index is -4.07. The Morgan fingerprint density at radius 3 is 2.65 bits per heavy atom. The third-order valence-electron chi connectivity index (χ3n) is 3.44. The molecule has 0 bridgehead atoms. The molecule has 2 aromatic carbocycles. The van der Waals surface area contributed by atoms with E-state index in [1.54, 1.807) is 12.1 Å². The fourth-order valence-electron chi connectivity index (χ4n) is 2.35. The molecule has 0 atom stereocenters. The lowest BCUT2D eigenvalue weighted by atomic mass is 10.0. The molecule has 1 amide bonds. The van der Waals surface area contributed by atoms with Crippen LogP contribution in [0.4, 0.5) is 15.8 Å². The molecule has 1 aliphatic heterocycles. The highest BCUT2D eigenvalue weighted by atomic mass is 35.5. The van der Waals surface area contributed by atoms with Crippen LogP contribution in [0.5, 0.6) is 0 Å². The van der Waals surface area contributed by atoms with E-state index in [0.717, 1.165) is 17.7 Å². The quantitative estimate of drug-likeness (QED) is 0.889. The van der Waals surface area contributed by atoms with Gasteiger partial charge in [-0.05, 0) is 48.4 Å². The van der Waals surface area contributed by atoms with Crippen LogP contribution in [-0.2, 0) is 21.2 Å². The maximum absolute atomic E-state index is 13.8. The van der Waals surface area contributed by atoms with Gasteiger partial charge in [0.05, 0.1) is 0 Å². The molecule has 0 fully saturated rings. The molecule has 2 aromatic rings. The maximum atomic E-state index is 13.8. The van der Waals surface area contributed by atoms with Crippen molar-refractivity contribution in [2.75, 3.05) is 10.0 Å². The number of fused-ring (bicyclic) bond motifs is 1. The Labute approximate surface area is 137 Å². The van der Waals surface area contributed by atoms with E-state index in [0.29, 0.717) is 24.2 Å². The van der Waals surface area contributed by atoms with Crippen molar-refractivity contribution < 1.29 is 17.6 Å². The minimum absolute atomic E-state index is 0.0749. The van der Waals surface area contributed by atoms with Crippen LogP contribution >= 0.6 is 11.6 Å². The van der Waals surface area contributed by atoms with Crippen LogP contribution in [0.25, 0.3) is 0 Å². The molecule has 2 N–H and O–H groups in total. The SMILES string of the molecule is O=C1CCc2cc(NS(=O)(=O)c3ccc(Cl)cc3F)ccc2N1. The number of carbonyl (C=O) groups excluding carboxylic acids is 1. The van der Waals surface area contributed by atoms with Gasteiger partial charge in [-0.15, -0.1) is 0 Å². The number of halogens is 2. The highest BCUT2D eigenvalue weighted by Gasteiger charge is 2.21. The predicted molar refractivity (Wildman–Crippen MR) is 85.6 cm³/mol. The number of hydrogen-bond acceptors (Lipinski definition) is 3. The fourth-order valence-corrected chi connectivity index (χ4v) is 3.62. The van der Waals surface area contributed by atoms with Gasteiger partial charge in [-0.1, -0.05) is 11.6 Å². The molecule has 0 radical (unpaired) electrons. The maximum Gasteiger partial charge on any atom is 0.264 e. The zero-order chi connectivity index (χ0) is 16.6. The number of sulfonamides is 1. The lowest BCUT2D eigenvalue weighted by Gasteiger charge is -2.18. The van der Waals surface area contributed by atoms with Crippen molar-refractivity contribution in [3.8, 4) is 0 Å². The van der Waals surface area contributed by atoms with Gasteiger partial charge in [0.25, 0.3) is 10.0 Å². The van der Waals surface area contributed by atoms with E-state index in [1.807, 2.05) is 0 Å². The first kappa shape index (κ1) is 15.8. The summed E-state index contributed by atoms with van der Waals surface area (Å²) in [5.41, 5.74) is 1.78. The lowest BCUT2D eigenvalue weighted by molar-refractivity contribution is -0.116. The first-order valence-electron chi connectivity index (χ1n) is 6.76. The molecule has 8 heteroatoms. The summed E-state index contributed by atoms with van der Waals surface area (Å²) < 4.78 is 40.7. The normalized spacial score (nSPS) is 14.1. The molecule has 23 heavy (non-hydrogen) atoms. The first-order valence-corrected chi connectivity index (χ1v) is 8.62. The van der Waals surface area contributed by atoms with Gasteiger partial charge in [0, 0.05) is 22.8 Å². The molecule has 0 saturated heterocycles. The van der Waals surface area contributed by atoms with E-state index in [2.05, 4.69) is 10.0 Å². The smallest absolute Gasteiger partial charge is 0.264 e. The van der Waals surface area contributed by atoms with Gasteiger partial charge in [-0.25, -0.2) is 12.8 Å². The monoisotopic (exact) mass is 354 g/mol. The summed E-state index contributed by atoms with van der Waals surface area (Å²) in [5, 5.41) is 2.82. The number of benzene rings is 2. The standard InChI is InChI=1S/C15H12ClFN2O3S/c16-10-2-5-14(12(17)8-10)23(21,22)19-11-3-4-13-9(7-11)1-6-15(20)18-13/h2-5,7-8,19H,1,6H2,(H,18,20). The summed E-state index contributed by atoms with van der Waals surface area (Å²) in [7, 11) is -4.07. The minimum Gasteiger partial charge on any atom is -0.326 e. The summed E-state index contributed by atoms with van der Waals surface area (Å²) in [6.07, 6.45) is 0.862. The number of nitrogens with one attached hydrogen (secondary N) is 2. The van der Waals surface area contributed by atoms with E-state index in [-0.39, 0.29) is 10.9 Å². The summed E-state index contributed by atoms with van der Waals surface area (Å²) in [4.78, 5) is 10.8. The van der Waals surface area contributed by atoms with Crippen molar-refractivity contribution in [3.63, 3.8) is 0 Å². The van der Waals surface area contributed by atoms with Crippen molar-refractivity contribution in [3.05, 3.63) is 52.8 Å². The molecule has 0 aliphatic carbocycles. The van der Waals surface area contributed by atoms with E-state index in [9.17, 15) is 17.6 Å². The van der Waals surface area contributed by atoms with Gasteiger partial charge in [0.1, 0.15) is 10.7 Å². The number of hydrogen-bond donors (Lipinski definition) is 2. The Bertz CT molecular complexity index is 900. The fraction of sp³-hybridized carbons (Fsp3) is 0.133. The highest BCUT2D eigenvalue weighted by molar-refractivity contribution is 7.92. The van der Waals surface area contributed by atoms with E-state index in [1.165, 1.54) is 12.1 Å². The first-order chi connectivity index (χ1) is 10.8. The molecule has 0 saturated carbocycles. The number of anilines is 2. The van der Waals surface area contributed by atoms with Crippen LogP contribution in [0.2, 0.25) is 5.02 Å². The topological polar surface area (TPSA) is 75.3 Å². The predicted octanol–water partition coefficient (Wildman–Crippen LogP) is 3.16. The molecule has 0 spiro atoms. The third-order valence-corrected chi connectivity index (χ3v) is 5.09. The van der Waals surface area contributed by atoms with Crippen LogP contribution in [0.15, 0.2) is 41.3 Å². The number of carbonyl (C=O) groups is 1. The van der Waals surface area contributed by atoms with E-state index >= 15 is 0 Å². The van der Waals surface area contributed by atoms with Gasteiger partial charge in [0.2, 0.25) is 5.91 Å². The second-order valence-electron chi connectivity index (χ2n) is 5.10. The van der Waals surface area contributed by atoms with Crippen molar-refractivity contribution in [2.45, 2.75) is 17.7 Å². The molecular formula is C15H12ClFN2O3S. The Morgan fingerprint density at radius 1 is 1.13 bits per heavy atom. The Morgan fingerprint density at radius 2 is 1.91 bits per heavy atom. The van der Waals surface area contributed by atoms with Gasteiger partial charge in [-0.2, -0.15) is 0 Å². The molecule has 1 heterocycles.